The lowest BCUT2D eigenvalue weighted by Crippen LogP contribution is -2.43. The summed E-state index contributed by atoms with van der Waals surface area (Å²) in [6.45, 7) is 5.38. The van der Waals surface area contributed by atoms with Crippen molar-refractivity contribution in [2.45, 2.75) is 12.8 Å². The number of quaternary nitrogens is 2. The summed E-state index contributed by atoms with van der Waals surface area (Å²) < 4.78 is 1.77. The summed E-state index contributed by atoms with van der Waals surface area (Å²) in [6, 6.07) is 20.9. The number of carbonyl (C=O) groups excluding carboxylic acids is 4. The van der Waals surface area contributed by atoms with Crippen LogP contribution in [-0.4, -0.2) is 111 Å². The molecular formula is C42H50N6O4S2+2. The molecule has 0 spiro atoms. The van der Waals surface area contributed by atoms with E-state index in [9.17, 15) is 19.2 Å². The highest BCUT2D eigenvalue weighted by Crippen LogP contribution is 2.37. The van der Waals surface area contributed by atoms with Gasteiger partial charge in [-0.2, -0.15) is 0 Å². The van der Waals surface area contributed by atoms with Crippen LogP contribution in [0.3, 0.4) is 0 Å². The maximum Gasteiger partial charge on any atom is 0.196 e. The zero-order valence-electron chi connectivity index (χ0n) is 31.5. The van der Waals surface area contributed by atoms with Crippen LogP contribution < -0.4 is 22.1 Å². The molecule has 0 fully saturated rings. The van der Waals surface area contributed by atoms with E-state index in [2.05, 4.69) is 38.8 Å². The standard InChI is InChI=1S/C42H48N6O4S2/c1-47(2,21-9-19-45-33-17-15-31(43)35-37(33)41(51)29-13-7-5-11-27(29)39(35)49)23-25-53-54-26-24-48(3,4)22-10-20-46-34-18-16-32(44)36-38(34)42(52)30-14-8-6-12-28(30)40(36)50/h5-8,11-18H,9-10,19-26H2,1-4H3,(H4-2,43,44,45,46,49,50,51,52)/p+2. The van der Waals surface area contributed by atoms with Crippen LogP contribution in [0.25, 0.3) is 0 Å². The second-order valence-corrected chi connectivity index (χ2v) is 18.0. The van der Waals surface area contributed by atoms with Crippen molar-refractivity contribution in [1.82, 2.24) is 0 Å². The number of carbonyl (C=O) groups is 4. The summed E-state index contributed by atoms with van der Waals surface area (Å²) in [5, 5.41) is 6.83. The summed E-state index contributed by atoms with van der Waals surface area (Å²) >= 11 is 0. The molecule has 2 aliphatic carbocycles. The number of hydrogen-bond donors (Lipinski definition) is 4. The number of ketones is 4. The van der Waals surface area contributed by atoms with Gasteiger partial charge in [0, 0.05) is 70.9 Å². The van der Waals surface area contributed by atoms with Crippen LogP contribution in [0.15, 0.2) is 72.8 Å². The molecule has 0 radical (unpaired) electrons. The van der Waals surface area contributed by atoms with Crippen LogP contribution in [0.5, 0.6) is 0 Å². The molecule has 0 heterocycles. The number of rotatable bonds is 17. The first-order valence-electron chi connectivity index (χ1n) is 18.4. The second-order valence-electron chi connectivity index (χ2n) is 15.3. The van der Waals surface area contributed by atoms with Gasteiger partial charge in [-0.05, 0) is 24.3 Å². The summed E-state index contributed by atoms with van der Waals surface area (Å²) in [5.74, 6) is 1.34. The normalized spacial score (nSPS) is 13.6. The summed E-state index contributed by atoms with van der Waals surface area (Å²) in [5.41, 5.74) is 17.3. The Morgan fingerprint density at radius 1 is 0.481 bits per heavy atom. The monoisotopic (exact) mass is 766 g/mol. The molecule has 0 amide bonds. The predicted molar refractivity (Wildman–Crippen MR) is 223 cm³/mol. The van der Waals surface area contributed by atoms with E-state index in [4.69, 9.17) is 11.5 Å². The van der Waals surface area contributed by atoms with Crippen molar-refractivity contribution in [2.75, 3.05) is 101 Å². The smallest absolute Gasteiger partial charge is 0.196 e. The fraction of sp³-hybridized carbons (Fsp3) is 0.333. The molecule has 54 heavy (non-hydrogen) atoms. The van der Waals surface area contributed by atoms with Crippen molar-refractivity contribution in [3.05, 3.63) is 117 Å². The Morgan fingerprint density at radius 2 is 0.815 bits per heavy atom. The molecule has 0 saturated carbocycles. The number of fused-ring (bicyclic) bond motifs is 4. The third-order valence-electron chi connectivity index (χ3n) is 10.4. The Bertz CT molecular complexity index is 1970. The van der Waals surface area contributed by atoms with Gasteiger partial charge in [0.1, 0.15) is 0 Å². The lowest BCUT2D eigenvalue weighted by Gasteiger charge is -2.31. The van der Waals surface area contributed by atoms with Crippen LogP contribution in [-0.2, 0) is 0 Å². The van der Waals surface area contributed by atoms with Crippen molar-refractivity contribution in [1.29, 1.82) is 0 Å². The van der Waals surface area contributed by atoms with Crippen LogP contribution in [0, 0.1) is 0 Å². The predicted octanol–water partition coefficient (Wildman–Crippen LogP) is 6.24. The van der Waals surface area contributed by atoms with E-state index in [1.165, 1.54) is 0 Å². The third-order valence-corrected chi connectivity index (χ3v) is 12.7. The molecular weight excluding hydrogens is 717 g/mol. The summed E-state index contributed by atoms with van der Waals surface area (Å²) in [6.07, 6.45) is 1.82. The molecule has 4 aromatic rings. The molecule has 4 aromatic carbocycles. The molecule has 0 aromatic heterocycles. The highest BCUT2D eigenvalue weighted by atomic mass is 33.1. The minimum atomic E-state index is -0.204. The van der Waals surface area contributed by atoms with Crippen LogP contribution >= 0.6 is 21.6 Å². The number of hydrogen-bond acceptors (Lipinski definition) is 10. The van der Waals surface area contributed by atoms with Crippen molar-refractivity contribution >= 4 is 67.5 Å². The van der Waals surface area contributed by atoms with Gasteiger partial charge in [0.05, 0.1) is 88.1 Å². The quantitative estimate of drug-likeness (QED) is 0.0365. The Labute approximate surface area is 325 Å². The minimum Gasteiger partial charge on any atom is -0.398 e. The zero-order valence-corrected chi connectivity index (χ0v) is 33.1. The van der Waals surface area contributed by atoms with E-state index in [0.29, 0.717) is 80.3 Å². The van der Waals surface area contributed by atoms with Crippen LogP contribution in [0.4, 0.5) is 22.7 Å². The first-order chi connectivity index (χ1) is 25.8. The zero-order chi connectivity index (χ0) is 38.6. The number of anilines is 4. The van der Waals surface area contributed by atoms with Gasteiger partial charge in [0.15, 0.2) is 23.1 Å². The first-order valence-corrected chi connectivity index (χ1v) is 20.9. The molecule has 6 rings (SSSR count). The Kier molecular flexibility index (Phi) is 11.9. The summed E-state index contributed by atoms with van der Waals surface area (Å²) in [7, 11) is 12.8. The average molecular weight is 767 g/mol. The van der Waals surface area contributed by atoms with Gasteiger partial charge >= 0.3 is 0 Å². The van der Waals surface area contributed by atoms with Crippen LogP contribution in [0.1, 0.15) is 76.5 Å². The van der Waals surface area contributed by atoms with Gasteiger partial charge in [0.25, 0.3) is 0 Å². The number of nitrogens with two attached hydrogens (primary N) is 2. The maximum atomic E-state index is 13.4. The Hall–Kier alpha value is -4.62. The Balaban J connectivity index is 0.883. The molecule has 0 saturated heterocycles. The van der Waals surface area contributed by atoms with E-state index in [1.54, 1.807) is 72.8 Å². The van der Waals surface area contributed by atoms with Crippen molar-refractivity contribution in [2.24, 2.45) is 0 Å². The maximum absolute atomic E-state index is 13.4. The van der Waals surface area contributed by atoms with E-state index < -0.39 is 0 Å². The fourth-order valence-corrected chi connectivity index (χ4v) is 9.69. The molecule has 282 valence electrons. The molecule has 0 aliphatic heterocycles. The van der Waals surface area contributed by atoms with E-state index in [-0.39, 0.29) is 23.1 Å². The largest absolute Gasteiger partial charge is 0.398 e. The minimum absolute atomic E-state index is 0.169. The van der Waals surface area contributed by atoms with Gasteiger partial charge < -0.3 is 31.1 Å². The molecule has 0 bridgehead atoms. The lowest BCUT2D eigenvalue weighted by atomic mass is 9.82. The SMILES string of the molecule is C[N+](C)(CCCNc1ccc(N)c2c1C(=O)c1ccccc1C2=O)CCSSCC[N+](C)(C)CCCNc1ccc(N)c2c1C(=O)c1ccccc1C2=O. The fourth-order valence-electron chi connectivity index (χ4n) is 7.16. The highest BCUT2D eigenvalue weighted by Gasteiger charge is 2.34. The first kappa shape index (κ1) is 39.1. The molecule has 12 heteroatoms. The molecule has 6 N–H and O–H groups in total. The lowest BCUT2D eigenvalue weighted by molar-refractivity contribution is -0.887. The summed E-state index contributed by atoms with van der Waals surface area (Å²) in [4.78, 5) is 53.2. The third kappa shape index (κ3) is 8.37. The molecule has 0 atom stereocenters. The van der Waals surface area contributed by atoms with Gasteiger partial charge in [-0.1, -0.05) is 70.1 Å². The molecule has 2 aliphatic rings. The van der Waals surface area contributed by atoms with Gasteiger partial charge in [-0.3, -0.25) is 19.2 Å². The van der Waals surface area contributed by atoms with Crippen molar-refractivity contribution < 1.29 is 28.1 Å². The van der Waals surface area contributed by atoms with E-state index >= 15 is 0 Å². The number of nitrogen functional groups attached to an aromatic ring is 2. The van der Waals surface area contributed by atoms with Crippen molar-refractivity contribution in [3.8, 4) is 0 Å². The van der Waals surface area contributed by atoms with Gasteiger partial charge in [0.2, 0.25) is 0 Å². The number of benzene rings is 4. The topological polar surface area (TPSA) is 144 Å². The molecule has 10 nitrogen and oxygen atoms in total. The second kappa shape index (κ2) is 16.4. The van der Waals surface area contributed by atoms with Crippen LogP contribution in [0.2, 0.25) is 0 Å². The highest BCUT2D eigenvalue weighted by molar-refractivity contribution is 8.76. The van der Waals surface area contributed by atoms with E-state index in [0.717, 1.165) is 59.5 Å². The Morgan fingerprint density at radius 3 is 1.17 bits per heavy atom. The molecule has 0 unspecified atom stereocenters. The van der Waals surface area contributed by atoms with Gasteiger partial charge in [-0.15, -0.1) is 0 Å². The van der Waals surface area contributed by atoms with E-state index in [1.807, 2.05) is 21.6 Å². The van der Waals surface area contributed by atoms with Crippen molar-refractivity contribution in [3.63, 3.8) is 0 Å². The number of nitrogens with one attached hydrogen (secondary N) is 2. The van der Waals surface area contributed by atoms with Gasteiger partial charge in [-0.25, -0.2) is 0 Å². The number of nitrogens with zero attached hydrogens (tertiary/aromatic N) is 2. The average Bonchev–Trinajstić information content (AvgIpc) is 3.15.